The van der Waals surface area contributed by atoms with Crippen molar-refractivity contribution in [3.05, 3.63) is 46.8 Å². The van der Waals surface area contributed by atoms with Crippen LogP contribution in [-0.2, 0) is 11.3 Å². The van der Waals surface area contributed by atoms with Crippen LogP contribution in [0.15, 0.2) is 34.2 Å². The lowest BCUT2D eigenvalue weighted by Gasteiger charge is -2.12. The molecule has 0 N–H and O–H groups in total. The highest BCUT2D eigenvalue weighted by Gasteiger charge is 2.21. The maximum absolute atomic E-state index is 13.1. The standard InChI is InChI=1S/C22H24N4O4/c1-12(2)26-21-15-10-19(29-6)16(20-13(3)24-30-14(20)4)9-17(15)23-11-18(21)25(22(26)27)7-8-28-5/h9-11H,1,7-8H2,2-6H3. The summed E-state index contributed by atoms with van der Waals surface area (Å²) in [7, 11) is 3.23. The van der Waals surface area contributed by atoms with Crippen molar-refractivity contribution >= 4 is 27.6 Å². The fourth-order valence-electron chi connectivity index (χ4n) is 3.93. The Labute approximate surface area is 173 Å². The molecule has 4 aromatic rings. The van der Waals surface area contributed by atoms with Gasteiger partial charge in [-0.05, 0) is 32.9 Å². The Hall–Kier alpha value is -3.39. The Morgan fingerprint density at radius 3 is 2.63 bits per heavy atom. The number of benzene rings is 1. The summed E-state index contributed by atoms with van der Waals surface area (Å²) in [6.07, 6.45) is 1.72. The number of allylic oxidation sites excluding steroid dienone is 1. The summed E-state index contributed by atoms with van der Waals surface area (Å²) in [5.41, 5.74) is 5.16. The summed E-state index contributed by atoms with van der Waals surface area (Å²) in [5, 5.41) is 4.86. The molecule has 4 rings (SSSR count). The second-order valence-corrected chi connectivity index (χ2v) is 7.26. The molecule has 0 atom stereocenters. The van der Waals surface area contributed by atoms with E-state index in [1.165, 1.54) is 0 Å². The van der Waals surface area contributed by atoms with Gasteiger partial charge in [0, 0.05) is 23.8 Å². The maximum Gasteiger partial charge on any atom is 0.333 e. The highest BCUT2D eigenvalue weighted by Crippen LogP contribution is 2.39. The Morgan fingerprint density at radius 1 is 1.27 bits per heavy atom. The van der Waals surface area contributed by atoms with Gasteiger partial charge in [0.05, 0.1) is 54.3 Å². The second kappa shape index (κ2) is 7.46. The van der Waals surface area contributed by atoms with Crippen molar-refractivity contribution in [2.24, 2.45) is 0 Å². The number of imidazole rings is 1. The number of ether oxygens (including phenoxy) is 2. The number of methoxy groups -OCH3 is 2. The van der Waals surface area contributed by atoms with Crippen LogP contribution in [0.25, 0.3) is 38.8 Å². The topological polar surface area (TPSA) is 84.3 Å². The van der Waals surface area contributed by atoms with Crippen molar-refractivity contribution < 1.29 is 14.0 Å². The molecular formula is C22H24N4O4. The second-order valence-electron chi connectivity index (χ2n) is 7.26. The van der Waals surface area contributed by atoms with E-state index in [0.29, 0.717) is 30.4 Å². The van der Waals surface area contributed by atoms with Crippen LogP contribution >= 0.6 is 0 Å². The lowest BCUT2D eigenvalue weighted by atomic mass is 10.0. The molecule has 0 unspecified atom stereocenters. The molecule has 0 amide bonds. The average molecular weight is 408 g/mol. The number of hydrogen-bond acceptors (Lipinski definition) is 6. The minimum Gasteiger partial charge on any atom is -0.496 e. The van der Waals surface area contributed by atoms with E-state index >= 15 is 0 Å². The van der Waals surface area contributed by atoms with Gasteiger partial charge in [0.15, 0.2) is 0 Å². The van der Waals surface area contributed by atoms with Crippen LogP contribution in [0.5, 0.6) is 5.75 Å². The molecule has 156 valence electrons. The predicted molar refractivity (Wildman–Crippen MR) is 116 cm³/mol. The molecule has 8 nitrogen and oxygen atoms in total. The Morgan fingerprint density at radius 2 is 2.03 bits per heavy atom. The first-order valence-corrected chi connectivity index (χ1v) is 9.59. The van der Waals surface area contributed by atoms with Crippen LogP contribution in [0.2, 0.25) is 0 Å². The van der Waals surface area contributed by atoms with Crippen molar-refractivity contribution in [1.29, 1.82) is 0 Å². The van der Waals surface area contributed by atoms with Gasteiger partial charge in [-0.25, -0.2) is 4.79 Å². The quantitative estimate of drug-likeness (QED) is 0.483. The maximum atomic E-state index is 13.1. The molecule has 3 aromatic heterocycles. The number of fused-ring (bicyclic) bond motifs is 3. The monoisotopic (exact) mass is 408 g/mol. The molecule has 0 saturated heterocycles. The number of rotatable bonds is 6. The van der Waals surface area contributed by atoms with Gasteiger partial charge in [-0.1, -0.05) is 11.7 Å². The SMILES string of the molecule is C=C(C)n1c(=O)n(CCOC)c2cnc3cc(-c4c(C)noc4C)c(OC)cc3c21. The summed E-state index contributed by atoms with van der Waals surface area (Å²) in [6.45, 7) is 10.4. The molecule has 0 fully saturated rings. The van der Waals surface area contributed by atoms with Gasteiger partial charge in [0.2, 0.25) is 0 Å². The van der Waals surface area contributed by atoms with Crippen LogP contribution in [0, 0.1) is 13.8 Å². The first kappa shape index (κ1) is 19.9. The van der Waals surface area contributed by atoms with Crippen molar-refractivity contribution in [3.8, 4) is 16.9 Å². The Bertz CT molecular complexity index is 1320. The number of hydrogen-bond donors (Lipinski definition) is 0. The zero-order chi connectivity index (χ0) is 21.6. The lowest BCUT2D eigenvalue weighted by Crippen LogP contribution is -2.24. The van der Waals surface area contributed by atoms with E-state index in [4.69, 9.17) is 14.0 Å². The lowest BCUT2D eigenvalue weighted by molar-refractivity contribution is 0.187. The van der Waals surface area contributed by atoms with Gasteiger partial charge in [-0.3, -0.25) is 14.1 Å². The van der Waals surface area contributed by atoms with E-state index in [2.05, 4.69) is 16.7 Å². The van der Waals surface area contributed by atoms with E-state index in [1.807, 2.05) is 32.9 Å². The third-order valence-corrected chi connectivity index (χ3v) is 5.28. The van der Waals surface area contributed by atoms with E-state index in [0.717, 1.165) is 38.8 Å². The molecule has 0 saturated carbocycles. The van der Waals surface area contributed by atoms with E-state index in [9.17, 15) is 4.79 Å². The summed E-state index contributed by atoms with van der Waals surface area (Å²) < 4.78 is 19.5. The van der Waals surface area contributed by atoms with E-state index in [1.54, 1.807) is 29.6 Å². The van der Waals surface area contributed by atoms with Crippen molar-refractivity contribution in [2.45, 2.75) is 27.3 Å². The first-order chi connectivity index (χ1) is 14.4. The number of aryl methyl sites for hydroxylation is 2. The summed E-state index contributed by atoms with van der Waals surface area (Å²) >= 11 is 0. The highest BCUT2D eigenvalue weighted by molar-refractivity contribution is 6.06. The number of nitrogens with zero attached hydrogens (tertiary/aromatic N) is 4. The first-order valence-electron chi connectivity index (χ1n) is 9.59. The molecule has 0 aliphatic rings. The molecule has 0 radical (unpaired) electrons. The summed E-state index contributed by atoms with van der Waals surface area (Å²) in [4.78, 5) is 17.8. The van der Waals surface area contributed by atoms with Gasteiger partial charge >= 0.3 is 5.69 Å². The highest BCUT2D eigenvalue weighted by atomic mass is 16.5. The fourth-order valence-corrected chi connectivity index (χ4v) is 3.93. The Kier molecular flexibility index (Phi) is 4.95. The minimum atomic E-state index is -0.169. The molecule has 30 heavy (non-hydrogen) atoms. The van der Waals surface area contributed by atoms with Crippen LogP contribution < -0.4 is 10.4 Å². The van der Waals surface area contributed by atoms with Gasteiger partial charge in [-0.2, -0.15) is 0 Å². The largest absolute Gasteiger partial charge is 0.496 e. The zero-order valence-corrected chi connectivity index (χ0v) is 17.8. The van der Waals surface area contributed by atoms with Gasteiger partial charge in [0.1, 0.15) is 11.5 Å². The molecule has 0 aliphatic heterocycles. The third-order valence-electron chi connectivity index (χ3n) is 5.28. The van der Waals surface area contributed by atoms with Crippen molar-refractivity contribution in [2.75, 3.05) is 20.8 Å². The predicted octanol–water partition coefficient (Wildman–Crippen LogP) is 3.77. The number of aromatic nitrogens is 4. The molecule has 0 bridgehead atoms. The molecule has 0 spiro atoms. The van der Waals surface area contributed by atoms with Crippen LogP contribution in [0.4, 0.5) is 0 Å². The van der Waals surface area contributed by atoms with Gasteiger partial charge in [0.25, 0.3) is 0 Å². The van der Waals surface area contributed by atoms with Crippen LogP contribution in [0.3, 0.4) is 0 Å². The fraction of sp³-hybridized carbons (Fsp3) is 0.318. The van der Waals surface area contributed by atoms with E-state index in [-0.39, 0.29) is 5.69 Å². The smallest absolute Gasteiger partial charge is 0.333 e. The molecule has 3 heterocycles. The Balaban J connectivity index is 2.10. The normalized spacial score (nSPS) is 11.5. The molecule has 1 aromatic carbocycles. The van der Waals surface area contributed by atoms with Crippen molar-refractivity contribution in [3.63, 3.8) is 0 Å². The zero-order valence-electron chi connectivity index (χ0n) is 17.8. The van der Waals surface area contributed by atoms with Gasteiger partial charge < -0.3 is 14.0 Å². The molecule has 0 aliphatic carbocycles. The number of pyridine rings is 1. The van der Waals surface area contributed by atoms with Crippen LogP contribution in [0.1, 0.15) is 18.4 Å². The van der Waals surface area contributed by atoms with Crippen molar-refractivity contribution in [1.82, 2.24) is 19.3 Å². The van der Waals surface area contributed by atoms with Crippen LogP contribution in [-0.4, -0.2) is 40.1 Å². The molecule has 8 heteroatoms. The van der Waals surface area contributed by atoms with Gasteiger partial charge in [-0.15, -0.1) is 0 Å². The third kappa shape index (κ3) is 2.91. The van der Waals surface area contributed by atoms with E-state index < -0.39 is 0 Å². The minimum absolute atomic E-state index is 0.169. The summed E-state index contributed by atoms with van der Waals surface area (Å²) in [6, 6.07) is 3.85. The molecular weight excluding hydrogens is 384 g/mol. The average Bonchev–Trinajstić information content (AvgIpc) is 3.20. The summed E-state index contributed by atoms with van der Waals surface area (Å²) in [5.74, 6) is 1.35.